The minimum atomic E-state index is -0.944. The fourth-order valence-electron chi connectivity index (χ4n) is 8.48. The first-order valence-electron chi connectivity index (χ1n) is 19.0. The van der Waals surface area contributed by atoms with E-state index in [0.29, 0.717) is 42.6 Å². The van der Waals surface area contributed by atoms with Gasteiger partial charge in [0.2, 0.25) is 11.8 Å². The number of nitriles is 1. The third kappa shape index (κ3) is 8.85. The maximum atomic E-state index is 13.4. The van der Waals surface area contributed by atoms with Gasteiger partial charge in [0.1, 0.15) is 29.5 Å². The highest BCUT2D eigenvalue weighted by atomic mass is 16.5. The molecule has 8 atom stereocenters. The molecule has 12 heteroatoms. The average Bonchev–Trinajstić information content (AvgIpc) is 3.70. The van der Waals surface area contributed by atoms with Crippen molar-refractivity contribution >= 4 is 23.8 Å². The van der Waals surface area contributed by atoms with E-state index < -0.39 is 41.8 Å². The highest BCUT2D eigenvalue weighted by Gasteiger charge is 2.50. The molecule has 2 saturated heterocycles. The first-order valence-corrected chi connectivity index (χ1v) is 19.0. The van der Waals surface area contributed by atoms with Crippen molar-refractivity contribution in [2.45, 2.75) is 140 Å². The Kier molecular flexibility index (Phi) is 12.8. The van der Waals surface area contributed by atoms with Gasteiger partial charge in [0.15, 0.2) is 0 Å². The number of aliphatic hydroxyl groups excluding tert-OH is 1. The highest BCUT2D eigenvalue weighted by Crippen LogP contribution is 2.46. The second-order valence-corrected chi connectivity index (χ2v) is 15.3. The minimum absolute atomic E-state index is 0.0167. The predicted octanol–water partition coefficient (Wildman–Crippen LogP) is 4.92. The number of rotatable bonds is 10. The molecule has 2 aromatic carbocycles. The van der Waals surface area contributed by atoms with Crippen LogP contribution in [0.3, 0.4) is 0 Å². The normalized spacial score (nSPS) is 26.8. The monoisotopic (exact) mass is 730 g/mol. The molecule has 3 fully saturated rings. The molecule has 12 nitrogen and oxygen atoms in total. The summed E-state index contributed by atoms with van der Waals surface area (Å²) in [6.45, 7) is 9.36. The Morgan fingerprint density at radius 1 is 1.11 bits per heavy atom. The summed E-state index contributed by atoms with van der Waals surface area (Å²) in [6, 6.07) is 14.6. The summed E-state index contributed by atoms with van der Waals surface area (Å²) < 4.78 is 11.1. The van der Waals surface area contributed by atoms with E-state index in [-0.39, 0.29) is 42.4 Å². The number of hydrogen-bond acceptors (Lipinski definition) is 9. The second kappa shape index (κ2) is 17.1. The van der Waals surface area contributed by atoms with Gasteiger partial charge in [-0.15, -0.1) is 0 Å². The zero-order chi connectivity index (χ0) is 38.4. The van der Waals surface area contributed by atoms with Crippen molar-refractivity contribution < 1.29 is 38.9 Å². The van der Waals surface area contributed by atoms with Gasteiger partial charge in [0, 0.05) is 24.1 Å². The number of nitrogens with one attached hydrogen (secondary N) is 1. The Hall–Kier alpha value is -4.47. The number of aliphatic carboxylic acids is 1. The van der Waals surface area contributed by atoms with Crippen molar-refractivity contribution in [2.24, 2.45) is 5.92 Å². The standard InChI is InChI=1S/C24H34N2O5.C17H20N2O3/c1-3-31-24(30)19(14-13-17-9-5-4-6-10-17)25-16(2)22(27)26-20-12-8-7-11-18(20)15-21(26)23(28)29;1-10-4-7-14(20)19(10)15-12-8-11(9-18)5-6-13(12)22-17(2,3)16(15)21/h4-6,9-10,16,18-21,25H,3,7-8,11-15H2,1-2H3,(H,28,29);5-6,8,10,15-16,21H,4,7H2,1-3H3/t16-,18+,19-,20-,21-;/m0./s1. The van der Waals surface area contributed by atoms with Crippen LogP contribution in [0.2, 0.25) is 0 Å². The van der Waals surface area contributed by atoms with Gasteiger partial charge in [-0.25, -0.2) is 4.79 Å². The van der Waals surface area contributed by atoms with E-state index >= 15 is 0 Å². The number of aliphatic hydroxyl groups is 1. The van der Waals surface area contributed by atoms with E-state index in [4.69, 9.17) is 14.7 Å². The molecule has 1 saturated carbocycles. The molecule has 6 rings (SSSR count). The number of carboxylic acid groups (broad SMARTS) is 1. The van der Waals surface area contributed by atoms with Crippen LogP contribution in [0.1, 0.15) is 109 Å². The first-order chi connectivity index (χ1) is 25.3. The molecule has 0 aromatic heterocycles. The predicted molar refractivity (Wildman–Crippen MR) is 197 cm³/mol. The number of aryl methyl sites for hydroxylation is 1. The lowest BCUT2D eigenvalue weighted by Crippen LogP contribution is -2.55. The maximum absolute atomic E-state index is 13.4. The molecule has 2 amide bonds. The van der Waals surface area contributed by atoms with Crippen LogP contribution in [0.4, 0.5) is 0 Å². The number of fused-ring (bicyclic) bond motifs is 2. The lowest BCUT2D eigenvalue weighted by molar-refractivity contribution is -0.152. The Morgan fingerprint density at radius 2 is 1.83 bits per heavy atom. The summed E-state index contributed by atoms with van der Waals surface area (Å²) in [5.74, 6) is -0.639. The molecular weight excluding hydrogens is 676 g/mol. The number of hydrogen-bond donors (Lipinski definition) is 3. The van der Waals surface area contributed by atoms with E-state index in [1.165, 1.54) is 0 Å². The number of ether oxygens (including phenoxy) is 2. The van der Waals surface area contributed by atoms with E-state index in [9.17, 15) is 29.4 Å². The van der Waals surface area contributed by atoms with Crippen molar-refractivity contribution in [1.29, 1.82) is 5.26 Å². The average molecular weight is 731 g/mol. The zero-order valence-electron chi connectivity index (χ0n) is 31.5. The third-order valence-electron chi connectivity index (χ3n) is 11.3. The van der Waals surface area contributed by atoms with Gasteiger partial charge in [0.05, 0.1) is 30.3 Å². The molecule has 0 radical (unpaired) electrons. The van der Waals surface area contributed by atoms with Crippen molar-refractivity contribution in [3.8, 4) is 11.8 Å². The summed E-state index contributed by atoms with van der Waals surface area (Å²) >= 11 is 0. The largest absolute Gasteiger partial charge is 0.485 e. The van der Waals surface area contributed by atoms with Gasteiger partial charge in [-0.2, -0.15) is 5.26 Å². The molecule has 1 aliphatic carbocycles. The number of amides is 2. The van der Waals surface area contributed by atoms with E-state index in [1.807, 2.05) is 51.1 Å². The number of likely N-dealkylation sites (tertiary alicyclic amines) is 2. The molecule has 3 heterocycles. The second-order valence-electron chi connectivity index (χ2n) is 15.3. The summed E-state index contributed by atoms with van der Waals surface area (Å²) in [4.78, 5) is 53.4. The third-order valence-corrected chi connectivity index (χ3v) is 11.3. The quantitative estimate of drug-likeness (QED) is 0.286. The molecule has 286 valence electrons. The molecule has 0 bridgehead atoms. The number of carbonyl (C=O) groups is 4. The Balaban J connectivity index is 0.000000216. The van der Waals surface area contributed by atoms with Crippen LogP contribution in [-0.4, -0.2) is 92.3 Å². The van der Waals surface area contributed by atoms with Crippen molar-refractivity contribution in [2.75, 3.05) is 6.61 Å². The van der Waals surface area contributed by atoms with Crippen LogP contribution in [0.25, 0.3) is 0 Å². The van der Waals surface area contributed by atoms with E-state index in [0.717, 1.165) is 37.7 Å². The lowest BCUT2D eigenvalue weighted by atomic mass is 9.84. The number of esters is 1. The Morgan fingerprint density at radius 3 is 2.47 bits per heavy atom. The maximum Gasteiger partial charge on any atom is 0.326 e. The summed E-state index contributed by atoms with van der Waals surface area (Å²) in [5.41, 5.74) is 1.52. The van der Waals surface area contributed by atoms with Crippen molar-refractivity contribution in [1.82, 2.24) is 15.1 Å². The minimum Gasteiger partial charge on any atom is -0.485 e. The van der Waals surface area contributed by atoms with Crippen LogP contribution in [-0.2, 0) is 30.3 Å². The SMILES string of the molecule is CC1CCC(=O)N1C1c2cc(C#N)ccc2OC(C)(C)C1O.CCOC(=O)[C@H](CCc1ccccc1)N[C@@H](C)C(=O)N1[C@H](C(=O)O)C[C@H]2CCCC[C@@H]21. The molecule has 4 aliphatic rings. The number of carbonyl (C=O) groups excluding carboxylic acids is 3. The molecule has 0 spiro atoms. The Labute approximate surface area is 312 Å². The summed E-state index contributed by atoms with van der Waals surface area (Å²) in [7, 11) is 0. The van der Waals surface area contributed by atoms with Gasteiger partial charge in [0.25, 0.3) is 0 Å². The van der Waals surface area contributed by atoms with Crippen LogP contribution in [0.15, 0.2) is 48.5 Å². The summed E-state index contributed by atoms with van der Waals surface area (Å²) in [5, 5.41) is 32.8. The fraction of sp³-hybridized carbons (Fsp3) is 0.585. The van der Waals surface area contributed by atoms with Gasteiger partial charge in [-0.1, -0.05) is 43.2 Å². The molecule has 3 unspecified atom stereocenters. The van der Waals surface area contributed by atoms with Gasteiger partial charge >= 0.3 is 11.9 Å². The van der Waals surface area contributed by atoms with E-state index in [2.05, 4.69) is 11.4 Å². The topological polar surface area (TPSA) is 170 Å². The smallest absolute Gasteiger partial charge is 0.326 e. The molecule has 3 N–H and O–H groups in total. The molecule has 2 aromatic rings. The highest BCUT2D eigenvalue weighted by molar-refractivity contribution is 5.88. The van der Waals surface area contributed by atoms with Gasteiger partial charge in [-0.3, -0.25) is 19.7 Å². The lowest BCUT2D eigenvalue weighted by Gasteiger charge is -2.46. The van der Waals surface area contributed by atoms with Crippen LogP contribution in [0.5, 0.6) is 5.75 Å². The van der Waals surface area contributed by atoms with Gasteiger partial charge < -0.3 is 29.5 Å². The first kappa shape index (κ1) is 39.7. The van der Waals surface area contributed by atoms with Crippen LogP contribution >= 0.6 is 0 Å². The van der Waals surface area contributed by atoms with Crippen LogP contribution < -0.4 is 10.1 Å². The molecule has 3 aliphatic heterocycles. The van der Waals surface area contributed by atoms with Crippen molar-refractivity contribution in [3.63, 3.8) is 0 Å². The van der Waals surface area contributed by atoms with E-state index in [1.54, 1.807) is 41.8 Å². The zero-order valence-corrected chi connectivity index (χ0v) is 31.5. The summed E-state index contributed by atoms with van der Waals surface area (Å²) in [6.07, 6.45) is 6.06. The number of nitrogens with zero attached hydrogens (tertiary/aromatic N) is 3. The molecular formula is C41H54N4O8. The number of benzene rings is 2. The fourth-order valence-corrected chi connectivity index (χ4v) is 8.48. The number of carboxylic acids is 1. The van der Waals surface area contributed by atoms with Crippen LogP contribution in [0, 0.1) is 17.2 Å². The van der Waals surface area contributed by atoms with Crippen molar-refractivity contribution in [3.05, 3.63) is 65.2 Å². The molecule has 53 heavy (non-hydrogen) atoms. The Bertz CT molecular complexity index is 1680. The van der Waals surface area contributed by atoms with Gasteiger partial charge in [-0.05, 0) is 103 Å².